The molecule has 1 amide bonds. The van der Waals surface area contributed by atoms with Crippen molar-refractivity contribution in [2.75, 3.05) is 19.0 Å². The molecule has 5 atom stereocenters. The number of amides is 1. The predicted molar refractivity (Wildman–Crippen MR) is 115 cm³/mol. The molecule has 0 aliphatic heterocycles. The van der Waals surface area contributed by atoms with Gasteiger partial charge in [0.2, 0.25) is 11.7 Å². The van der Waals surface area contributed by atoms with E-state index in [1.165, 1.54) is 0 Å². The number of primary amides is 1. The van der Waals surface area contributed by atoms with E-state index in [-0.39, 0.29) is 29.7 Å². The number of aliphatic hydroxyl groups is 3. The van der Waals surface area contributed by atoms with Gasteiger partial charge >= 0.3 is 0 Å². The zero-order valence-corrected chi connectivity index (χ0v) is 18.3. The fourth-order valence-electron chi connectivity index (χ4n) is 5.70. The second kappa shape index (κ2) is 7.31. The zero-order valence-electron chi connectivity index (χ0n) is 18.3. The molecule has 32 heavy (non-hydrogen) atoms. The Hall–Kier alpha value is -2.91. The number of aliphatic hydroxyl groups excluding tert-OH is 2. The maximum absolute atomic E-state index is 13.5. The van der Waals surface area contributed by atoms with Crippen LogP contribution in [0, 0.1) is 17.8 Å². The molecule has 0 aromatic heterocycles. The Labute approximate surface area is 185 Å². The van der Waals surface area contributed by atoms with Crippen LogP contribution in [-0.4, -0.2) is 63.7 Å². The molecule has 2 unspecified atom stereocenters. The van der Waals surface area contributed by atoms with E-state index in [2.05, 4.69) is 0 Å². The third-order valence-corrected chi connectivity index (χ3v) is 7.30. The number of carbonyl (C=O) groups is 3. The summed E-state index contributed by atoms with van der Waals surface area (Å²) < 4.78 is 0. The van der Waals surface area contributed by atoms with Crippen LogP contribution in [0.4, 0.5) is 5.69 Å². The quantitative estimate of drug-likeness (QED) is 0.414. The average molecular weight is 444 g/mol. The van der Waals surface area contributed by atoms with Crippen molar-refractivity contribution in [1.82, 2.24) is 0 Å². The van der Waals surface area contributed by atoms with Gasteiger partial charge in [0.1, 0.15) is 17.4 Å². The highest BCUT2D eigenvalue weighted by Crippen LogP contribution is 2.53. The Morgan fingerprint density at radius 1 is 1.25 bits per heavy atom. The SMILES string of the molecule is CCc1cc(N(C)C)c2c(c1O)C(O)=C1C(=O)[C@]3(O)C(=O)C(C(N)=O)C(O)C[C@@H]3C[C@@H]1C2. The first-order valence-electron chi connectivity index (χ1n) is 10.7. The number of anilines is 1. The molecule has 4 rings (SSSR count). The highest BCUT2D eigenvalue weighted by atomic mass is 16.3. The maximum atomic E-state index is 13.5. The van der Waals surface area contributed by atoms with Crippen molar-refractivity contribution in [3.63, 3.8) is 0 Å². The average Bonchev–Trinajstić information content (AvgIpc) is 2.70. The van der Waals surface area contributed by atoms with E-state index in [0.29, 0.717) is 24.0 Å². The Morgan fingerprint density at radius 2 is 1.91 bits per heavy atom. The number of benzene rings is 1. The molecule has 9 nitrogen and oxygen atoms in total. The van der Waals surface area contributed by atoms with Crippen LogP contribution >= 0.6 is 0 Å². The molecular formula is C23H28N2O7. The van der Waals surface area contributed by atoms with Gasteiger partial charge in [0.25, 0.3) is 0 Å². The number of nitrogens with zero attached hydrogens (tertiary/aromatic N) is 1. The lowest BCUT2D eigenvalue weighted by Gasteiger charge is -2.48. The molecule has 1 aromatic rings. The van der Waals surface area contributed by atoms with Crippen molar-refractivity contribution >= 4 is 28.9 Å². The van der Waals surface area contributed by atoms with Crippen LogP contribution in [-0.2, 0) is 27.2 Å². The number of ketones is 2. The molecule has 2 fully saturated rings. The van der Waals surface area contributed by atoms with E-state index >= 15 is 0 Å². The highest BCUT2D eigenvalue weighted by Gasteiger charge is 2.64. The van der Waals surface area contributed by atoms with E-state index in [1.807, 2.05) is 32.0 Å². The second-order valence-corrected chi connectivity index (χ2v) is 9.24. The van der Waals surface area contributed by atoms with E-state index < -0.39 is 52.7 Å². The summed E-state index contributed by atoms with van der Waals surface area (Å²) in [7, 11) is 3.68. The number of phenolic OH excluding ortho intramolecular Hbond substituents is 1. The highest BCUT2D eigenvalue weighted by molar-refractivity contribution is 6.24. The summed E-state index contributed by atoms with van der Waals surface area (Å²) in [5, 5.41) is 43.6. The van der Waals surface area contributed by atoms with Crippen molar-refractivity contribution < 1.29 is 34.8 Å². The van der Waals surface area contributed by atoms with E-state index in [4.69, 9.17) is 5.73 Å². The van der Waals surface area contributed by atoms with Gasteiger partial charge in [0, 0.05) is 31.3 Å². The molecule has 0 radical (unpaired) electrons. The van der Waals surface area contributed by atoms with Crippen LogP contribution in [0.15, 0.2) is 11.6 Å². The Bertz CT molecular complexity index is 1080. The molecule has 0 spiro atoms. The molecule has 9 heteroatoms. The van der Waals surface area contributed by atoms with Crippen molar-refractivity contribution in [3.05, 3.63) is 28.3 Å². The van der Waals surface area contributed by atoms with Crippen LogP contribution in [0.3, 0.4) is 0 Å². The summed E-state index contributed by atoms with van der Waals surface area (Å²) in [5.41, 5.74) is 4.75. The molecule has 0 heterocycles. The van der Waals surface area contributed by atoms with Crippen molar-refractivity contribution in [2.45, 2.75) is 44.3 Å². The Balaban J connectivity index is 1.92. The van der Waals surface area contributed by atoms with E-state index in [9.17, 15) is 34.8 Å². The molecule has 1 aromatic carbocycles. The van der Waals surface area contributed by atoms with Crippen molar-refractivity contribution in [3.8, 4) is 5.75 Å². The Morgan fingerprint density at radius 3 is 2.47 bits per heavy atom. The van der Waals surface area contributed by atoms with Crippen molar-refractivity contribution in [1.29, 1.82) is 0 Å². The van der Waals surface area contributed by atoms with Gasteiger partial charge in [-0.25, -0.2) is 0 Å². The summed E-state index contributed by atoms with van der Waals surface area (Å²) in [5.74, 6) is -6.97. The minimum absolute atomic E-state index is 0.127. The third-order valence-electron chi connectivity index (χ3n) is 7.30. The molecule has 0 bridgehead atoms. The van der Waals surface area contributed by atoms with E-state index in [0.717, 1.165) is 5.69 Å². The molecule has 2 saturated carbocycles. The van der Waals surface area contributed by atoms with Gasteiger partial charge in [-0.3, -0.25) is 14.4 Å². The van der Waals surface area contributed by atoms with Gasteiger partial charge in [-0.15, -0.1) is 0 Å². The third kappa shape index (κ3) is 2.80. The molecule has 172 valence electrons. The summed E-state index contributed by atoms with van der Waals surface area (Å²) in [4.78, 5) is 40.1. The number of phenols is 1. The minimum Gasteiger partial charge on any atom is -0.507 e. The number of hydrogen-bond donors (Lipinski definition) is 5. The zero-order chi connectivity index (χ0) is 23.7. The minimum atomic E-state index is -2.56. The first-order valence-corrected chi connectivity index (χ1v) is 10.7. The monoisotopic (exact) mass is 444 g/mol. The molecule has 3 aliphatic rings. The first-order chi connectivity index (χ1) is 14.9. The van der Waals surface area contributed by atoms with Gasteiger partial charge in [-0.2, -0.15) is 0 Å². The number of rotatable bonds is 3. The lowest BCUT2D eigenvalue weighted by atomic mass is 9.56. The van der Waals surface area contributed by atoms with Crippen LogP contribution in [0.25, 0.3) is 5.76 Å². The molecule has 3 aliphatic carbocycles. The van der Waals surface area contributed by atoms with E-state index in [1.54, 1.807) is 0 Å². The summed E-state index contributed by atoms with van der Waals surface area (Å²) >= 11 is 0. The van der Waals surface area contributed by atoms with Crippen LogP contribution in [0.5, 0.6) is 5.75 Å². The topological polar surface area (TPSA) is 161 Å². The number of nitrogens with two attached hydrogens (primary N) is 1. The smallest absolute Gasteiger partial charge is 0.230 e. The van der Waals surface area contributed by atoms with Crippen molar-refractivity contribution in [2.24, 2.45) is 23.5 Å². The molecular weight excluding hydrogens is 416 g/mol. The van der Waals surface area contributed by atoms with Crippen LogP contribution < -0.4 is 10.6 Å². The number of aryl methyl sites for hydroxylation is 1. The van der Waals surface area contributed by atoms with Gasteiger partial charge in [-0.05, 0) is 48.8 Å². The summed E-state index contributed by atoms with van der Waals surface area (Å²) in [6.45, 7) is 1.85. The molecule has 0 saturated heterocycles. The van der Waals surface area contributed by atoms with Crippen LogP contribution in [0.2, 0.25) is 0 Å². The number of Topliss-reactive ketones (excluding diaryl/α,β-unsaturated/α-hetero) is 2. The summed E-state index contributed by atoms with van der Waals surface area (Å²) in [6, 6.07) is 1.85. The largest absolute Gasteiger partial charge is 0.507 e. The number of aromatic hydroxyl groups is 1. The number of carbonyl (C=O) groups excluding carboxylic acids is 3. The molecule has 6 N–H and O–H groups in total. The summed E-state index contributed by atoms with van der Waals surface area (Å²) in [6.07, 6.45) is -0.580. The predicted octanol–water partition coefficient (Wildman–Crippen LogP) is 0.217. The Kier molecular flexibility index (Phi) is 5.09. The second-order valence-electron chi connectivity index (χ2n) is 9.24. The lowest BCUT2D eigenvalue weighted by Crippen LogP contribution is -2.66. The normalized spacial score (nSPS) is 31.7. The lowest BCUT2D eigenvalue weighted by molar-refractivity contribution is -0.174. The fourth-order valence-corrected chi connectivity index (χ4v) is 5.70. The van der Waals surface area contributed by atoms with Gasteiger partial charge in [0.05, 0.1) is 11.7 Å². The van der Waals surface area contributed by atoms with Gasteiger partial charge < -0.3 is 31.1 Å². The number of hydrogen-bond acceptors (Lipinski definition) is 8. The number of fused-ring (bicyclic) bond motifs is 3. The first kappa shape index (κ1) is 22.3. The standard InChI is InChI=1S/C23H28N2O7/c1-4-9-7-13(25(2)3)12-6-10-5-11-8-14(26)17(22(24)31)21(30)23(11,32)20(29)15(10)19(28)16(12)18(9)27/h7,10-11,14,17,26-28,32H,4-6,8H2,1-3H3,(H2,24,31)/t10-,11+,14?,17?,23+/m1/s1. The fraction of sp³-hybridized carbons (Fsp3) is 0.522. The van der Waals surface area contributed by atoms with Crippen LogP contribution in [0.1, 0.15) is 36.5 Å². The van der Waals surface area contributed by atoms with Gasteiger partial charge in [-0.1, -0.05) is 6.92 Å². The van der Waals surface area contributed by atoms with Gasteiger partial charge in [0.15, 0.2) is 11.4 Å². The maximum Gasteiger partial charge on any atom is 0.230 e.